The van der Waals surface area contributed by atoms with E-state index in [1.54, 1.807) is 70.6 Å². The summed E-state index contributed by atoms with van der Waals surface area (Å²) in [4.78, 5) is 31.9. The maximum Gasteiger partial charge on any atom is 0.408 e. The monoisotopic (exact) mass is 615 g/mol. The number of ether oxygens (including phenoxy) is 1. The van der Waals surface area contributed by atoms with Gasteiger partial charge in [0, 0.05) is 48.7 Å². The molecule has 2 amide bonds. The van der Waals surface area contributed by atoms with Crippen molar-refractivity contribution >= 4 is 22.6 Å². The van der Waals surface area contributed by atoms with Crippen LogP contribution in [0, 0.1) is 0 Å². The Hall–Kier alpha value is -5.04. The van der Waals surface area contributed by atoms with Crippen molar-refractivity contribution in [1.82, 2.24) is 29.4 Å². The zero-order valence-electron chi connectivity index (χ0n) is 24.0. The first-order chi connectivity index (χ1) is 21.7. The number of hydrogen-bond donors (Lipinski definition) is 1. The Morgan fingerprint density at radius 1 is 0.978 bits per heavy atom. The number of urea groups is 1. The number of nitrogens with one attached hydrogen (secondary N) is 1. The maximum atomic E-state index is 13.5. The van der Waals surface area contributed by atoms with Crippen LogP contribution in [0.2, 0.25) is 0 Å². The van der Waals surface area contributed by atoms with Crippen LogP contribution in [0.1, 0.15) is 36.6 Å². The number of alkyl halides is 3. The highest BCUT2D eigenvalue weighted by Crippen LogP contribution is 2.30. The van der Waals surface area contributed by atoms with E-state index in [-0.39, 0.29) is 23.5 Å². The fourth-order valence-electron chi connectivity index (χ4n) is 5.82. The summed E-state index contributed by atoms with van der Waals surface area (Å²) in [5.41, 5.74) is 3.67. The Balaban J connectivity index is 1.17. The van der Waals surface area contributed by atoms with E-state index in [0.717, 1.165) is 41.3 Å². The number of benzene rings is 2. The van der Waals surface area contributed by atoms with Crippen LogP contribution in [0.25, 0.3) is 33.3 Å². The van der Waals surface area contributed by atoms with E-state index in [1.165, 1.54) is 6.07 Å². The molecule has 7 rings (SSSR count). The van der Waals surface area contributed by atoms with E-state index < -0.39 is 18.3 Å². The van der Waals surface area contributed by atoms with Crippen LogP contribution in [-0.4, -0.2) is 48.3 Å². The maximum absolute atomic E-state index is 13.5. The third-order valence-electron chi connectivity index (χ3n) is 8.08. The molecule has 1 fully saturated rings. The SMILES string of the molecule is O=C(Nc1ccc(-c2cc(-c3ccc4c(cnn4C4CCCCO4)c3)c(=O)n(CC(F)(F)F)n2)cc1)N1Cc2ccncc2C1. The van der Waals surface area contributed by atoms with E-state index in [4.69, 9.17) is 4.74 Å². The van der Waals surface area contributed by atoms with Gasteiger partial charge in [0.1, 0.15) is 6.54 Å². The molecule has 45 heavy (non-hydrogen) atoms. The molecule has 0 bridgehead atoms. The van der Waals surface area contributed by atoms with Crippen LogP contribution in [0.15, 0.2) is 78.0 Å². The smallest absolute Gasteiger partial charge is 0.356 e. The molecule has 10 nitrogen and oxygen atoms in total. The normalized spacial score (nSPS) is 16.6. The number of aromatic nitrogens is 5. The first-order valence-electron chi connectivity index (χ1n) is 14.6. The fourth-order valence-corrected chi connectivity index (χ4v) is 5.82. The van der Waals surface area contributed by atoms with Crippen LogP contribution in [0.5, 0.6) is 0 Å². The number of halogens is 3. The summed E-state index contributed by atoms with van der Waals surface area (Å²) in [6.07, 6.45) is 3.12. The number of carbonyl (C=O) groups excluding carboxylic acids is 1. The molecule has 0 radical (unpaired) electrons. The minimum atomic E-state index is -4.66. The minimum Gasteiger partial charge on any atom is -0.356 e. The molecule has 0 aliphatic carbocycles. The number of fused-ring (bicyclic) bond motifs is 2. The van der Waals surface area contributed by atoms with Gasteiger partial charge in [-0.15, -0.1) is 0 Å². The number of anilines is 1. The van der Waals surface area contributed by atoms with Gasteiger partial charge in [-0.05, 0) is 72.4 Å². The molecule has 1 atom stereocenters. The molecule has 230 valence electrons. The van der Waals surface area contributed by atoms with Crippen molar-refractivity contribution in [3.8, 4) is 22.4 Å². The van der Waals surface area contributed by atoms with E-state index in [1.807, 2.05) is 6.07 Å². The van der Waals surface area contributed by atoms with Crippen LogP contribution >= 0.6 is 0 Å². The molecule has 2 aliphatic rings. The number of pyridine rings is 1. The Labute approximate surface area is 255 Å². The van der Waals surface area contributed by atoms with Crippen LogP contribution < -0.4 is 10.9 Å². The van der Waals surface area contributed by atoms with E-state index in [9.17, 15) is 22.8 Å². The first-order valence-corrected chi connectivity index (χ1v) is 14.6. The van der Waals surface area contributed by atoms with Gasteiger partial charge in [-0.25, -0.2) is 14.2 Å². The zero-order chi connectivity index (χ0) is 31.1. The van der Waals surface area contributed by atoms with Gasteiger partial charge in [0.05, 0.1) is 23.0 Å². The highest BCUT2D eigenvalue weighted by Gasteiger charge is 2.30. The van der Waals surface area contributed by atoms with Gasteiger partial charge in [0.15, 0.2) is 6.23 Å². The van der Waals surface area contributed by atoms with Gasteiger partial charge < -0.3 is 15.0 Å². The Morgan fingerprint density at radius 3 is 2.53 bits per heavy atom. The highest BCUT2D eigenvalue weighted by atomic mass is 19.4. The van der Waals surface area contributed by atoms with Crippen molar-refractivity contribution in [2.75, 3.05) is 11.9 Å². The van der Waals surface area contributed by atoms with Gasteiger partial charge in [0.25, 0.3) is 5.56 Å². The van der Waals surface area contributed by atoms with Crippen molar-refractivity contribution in [2.24, 2.45) is 0 Å². The van der Waals surface area contributed by atoms with Gasteiger partial charge in [-0.1, -0.05) is 18.2 Å². The average molecular weight is 616 g/mol. The van der Waals surface area contributed by atoms with Crippen molar-refractivity contribution in [3.05, 3.63) is 94.7 Å². The fraction of sp³-hybridized carbons (Fsp3) is 0.281. The molecule has 5 aromatic rings. The first kappa shape index (κ1) is 28.7. The topological polar surface area (TPSA) is 107 Å². The van der Waals surface area contributed by atoms with Gasteiger partial charge in [-0.2, -0.15) is 23.4 Å². The average Bonchev–Trinajstić information content (AvgIpc) is 3.67. The summed E-state index contributed by atoms with van der Waals surface area (Å²) in [7, 11) is 0. The third-order valence-corrected chi connectivity index (χ3v) is 8.08. The lowest BCUT2D eigenvalue weighted by molar-refractivity contribution is -0.143. The molecule has 0 saturated carbocycles. The lowest BCUT2D eigenvalue weighted by atomic mass is 10.0. The Bertz CT molecular complexity index is 1920. The van der Waals surface area contributed by atoms with Crippen molar-refractivity contribution in [3.63, 3.8) is 0 Å². The van der Waals surface area contributed by atoms with E-state index >= 15 is 0 Å². The number of amides is 2. The number of carbonyl (C=O) groups is 1. The summed E-state index contributed by atoms with van der Waals surface area (Å²) < 4.78 is 48.6. The molecular weight excluding hydrogens is 587 g/mol. The second-order valence-electron chi connectivity index (χ2n) is 11.2. The van der Waals surface area contributed by atoms with Gasteiger partial charge in [0.2, 0.25) is 0 Å². The molecule has 3 aromatic heterocycles. The number of hydrogen-bond acceptors (Lipinski definition) is 6. The molecule has 1 unspecified atom stereocenters. The van der Waals surface area contributed by atoms with Crippen molar-refractivity contribution < 1.29 is 22.7 Å². The predicted octanol–water partition coefficient (Wildman–Crippen LogP) is 6.13. The van der Waals surface area contributed by atoms with Crippen LogP contribution in [0.4, 0.5) is 23.7 Å². The Kier molecular flexibility index (Phi) is 7.32. The molecule has 5 heterocycles. The largest absolute Gasteiger partial charge is 0.408 e. The molecule has 13 heteroatoms. The summed E-state index contributed by atoms with van der Waals surface area (Å²) >= 11 is 0. The summed E-state index contributed by atoms with van der Waals surface area (Å²) in [6, 6.07) is 14.9. The molecule has 2 aliphatic heterocycles. The standard InChI is InChI=1S/C32H28F3N7O3/c33-32(34,35)19-41-30(43)26(21-6-9-28-23(13-21)16-37-42(28)29-3-1-2-12-45-29)14-27(39-41)20-4-7-25(8-5-20)38-31(44)40-17-22-10-11-36-15-24(22)18-40/h4-11,13-16,29H,1-3,12,17-19H2,(H,38,44). The third kappa shape index (κ3) is 5.90. The second-order valence-corrected chi connectivity index (χ2v) is 11.2. The predicted molar refractivity (Wildman–Crippen MR) is 160 cm³/mol. The quantitative estimate of drug-likeness (QED) is 0.255. The van der Waals surface area contributed by atoms with Crippen LogP contribution in [0.3, 0.4) is 0 Å². The van der Waals surface area contributed by atoms with Gasteiger partial charge in [-0.3, -0.25) is 9.78 Å². The number of nitrogens with zero attached hydrogens (tertiary/aromatic N) is 6. The highest BCUT2D eigenvalue weighted by molar-refractivity contribution is 5.90. The van der Waals surface area contributed by atoms with Crippen LogP contribution in [-0.2, 0) is 24.4 Å². The van der Waals surface area contributed by atoms with E-state index in [2.05, 4.69) is 20.5 Å². The molecule has 1 saturated heterocycles. The molecule has 0 spiro atoms. The van der Waals surface area contributed by atoms with Gasteiger partial charge >= 0.3 is 12.2 Å². The molecule has 2 aromatic carbocycles. The van der Waals surface area contributed by atoms with Crippen molar-refractivity contribution in [1.29, 1.82) is 0 Å². The second kappa shape index (κ2) is 11.5. The van der Waals surface area contributed by atoms with Crippen molar-refractivity contribution in [2.45, 2.75) is 51.3 Å². The summed E-state index contributed by atoms with van der Waals surface area (Å²) in [6.45, 7) is 0.0343. The lowest BCUT2D eigenvalue weighted by Crippen LogP contribution is -2.31. The zero-order valence-corrected chi connectivity index (χ0v) is 24.0. The lowest BCUT2D eigenvalue weighted by Gasteiger charge is -2.23. The van der Waals surface area contributed by atoms with E-state index in [0.29, 0.717) is 41.2 Å². The Morgan fingerprint density at radius 2 is 1.78 bits per heavy atom. The minimum absolute atomic E-state index is 0.0771. The number of rotatable bonds is 5. The molecular formula is C32H28F3N7O3. The molecule has 1 N–H and O–H groups in total. The summed E-state index contributed by atoms with van der Waals surface area (Å²) in [5, 5.41) is 12.1. The summed E-state index contributed by atoms with van der Waals surface area (Å²) in [5.74, 6) is 0.